The fourth-order valence-electron chi connectivity index (χ4n) is 2.90. The van der Waals surface area contributed by atoms with Crippen LogP contribution in [0.4, 0.5) is 0 Å². The van der Waals surface area contributed by atoms with Crippen molar-refractivity contribution in [3.63, 3.8) is 0 Å². The molecular weight excluding hydrogens is 240 g/mol. The quantitative estimate of drug-likeness (QED) is 0.561. The zero-order valence-electron chi connectivity index (χ0n) is 13.0. The molecule has 0 radical (unpaired) electrons. The Morgan fingerprint density at radius 1 is 0.800 bits per heavy atom. The summed E-state index contributed by atoms with van der Waals surface area (Å²) in [7, 11) is 0. The molecular formula is C20H26. The van der Waals surface area contributed by atoms with Gasteiger partial charge in [0.25, 0.3) is 0 Å². The van der Waals surface area contributed by atoms with Crippen LogP contribution in [0.5, 0.6) is 0 Å². The monoisotopic (exact) mass is 266 g/mol. The van der Waals surface area contributed by atoms with Crippen LogP contribution in [0.1, 0.15) is 60.8 Å². The van der Waals surface area contributed by atoms with Crippen LogP contribution in [-0.2, 0) is 0 Å². The lowest BCUT2D eigenvalue weighted by Gasteiger charge is -2.19. The van der Waals surface area contributed by atoms with Crippen molar-refractivity contribution in [3.8, 4) is 0 Å². The van der Waals surface area contributed by atoms with Gasteiger partial charge in [0, 0.05) is 5.92 Å². The van der Waals surface area contributed by atoms with Crippen LogP contribution in [0, 0.1) is 13.8 Å². The first-order valence-corrected chi connectivity index (χ1v) is 7.84. The summed E-state index contributed by atoms with van der Waals surface area (Å²) in [6.07, 6.45) is 5.17. The second kappa shape index (κ2) is 7.28. The average molecular weight is 266 g/mol. The normalized spacial score (nSPS) is 11.0. The van der Waals surface area contributed by atoms with Crippen molar-refractivity contribution in [2.75, 3.05) is 0 Å². The molecule has 20 heavy (non-hydrogen) atoms. The summed E-state index contributed by atoms with van der Waals surface area (Å²) >= 11 is 0. The molecule has 2 aromatic rings. The second-order valence-corrected chi connectivity index (χ2v) is 5.88. The first-order chi connectivity index (χ1) is 9.70. The standard InChI is InChI=1S/C20H26/c1-4-5-6-13-20(18-11-7-9-16(2)14-18)19-12-8-10-17(3)15-19/h7-12,14-15,20H,4-6,13H2,1-3H3. The minimum absolute atomic E-state index is 0.543. The van der Waals surface area contributed by atoms with Gasteiger partial charge in [-0.05, 0) is 31.4 Å². The third kappa shape index (κ3) is 3.96. The van der Waals surface area contributed by atoms with Crippen LogP contribution in [0.3, 0.4) is 0 Å². The van der Waals surface area contributed by atoms with E-state index >= 15 is 0 Å². The summed E-state index contributed by atoms with van der Waals surface area (Å²) in [6, 6.07) is 18.0. The lowest BCUT2D eigenvalue weighted by molar-refractivity contribution is 0.618. The Labute approximate surface area is 123 Å². The third-order valence-electron chi connectivity index (χ3n) is 3.99. The van der Waals surface area contributed by atoms with Crippen molar-refractivity contribution in [1.82, 2.24) is 0 Å². The van der Waals surface area contributed by atoms with E-state index < -0.39 is 0 Å². The molecule has 0 unspecified atom stereocenters. The highest BCUT2D eigenvalue weighted by molar-refractivity contribution is 5.36. The van der Waals surface area contributed by atoms with Crippen molar-refractivity contribution in [2.24, 2.45) is 0 Å². The van der Waals surface area contributed by atoms with E-state index in [0.717, 1.165) is 0 Å². The molecule has 0 saturated heterocycles. The first kappa shape index (κ1) is 14.8. The van der Waals surface area contributed by atoms with Crippen molar-refractivity contribution in [2.45, 2.75) is 52.4 Å². The maximum atomic E-state index is 2.35. The van der Waals surface area contributed by atoms with Gasteiger partial charge in [0.15, 0.2) is 0 Å². The molecule has 0 aromatic heterocycles. The largest absolute Gasteiger partial charge is 0.0654 e. The summed E-state index contributed by atoms with van der Waals surface area (Å²) in [5.41, 5.74) is 5.64. The zero-order chi connectivity index (χ0) is 14.4. The van der Waals surface area contributed by atoms with Gasteiger partial charge in [0.05, 0.1) is 0 Å². The van der Waals surface area contributed by atoms with Gasteiger partial charge in [0.2, 0.25) is 0 Å². The smallest absolute Gasteiger partial charge is 0.00895 e. The fraction of sp³-hybridized carbons (Fsp3) is 0.400. The Hall–Kier alpha value is -1.56. The van der Waals surface area contributed by atoms with E-state index in [-0.39, 0.29) is 0 Å². The Balaban J connectivity index is 2.29. The van der Waals surface area contributed by atoms with Gasteiger partial charge in [0.1, 0.15) is 0 Å². The minimum atomic E-state index is 0.543. The van der Waals surface area contributed by atoms with Gasteiger partial charge >= 0.3 is 0 Å². The van der Waals surface area contributed by atoms with Gasteiger partial charge < -0.3 is 0 Å². The number of aryl methyl sites for hydroxylation is 2. The Kier molecular flexibility index (Phi) is 5.40. The highest BCUT2D eigenvalue weighted by atomic mass is 14.2. The summed E-state index contributed by atoms with van der Waals surface area (Å²) in [6.45, 7) is 6.64. The SMILES string of the molecule is CCCCCC(c1cccc(C)c1)c1cccc(C)c1. The highest BCUT2D eigenvalue weighted by Crippen LogP contribution is 2.31. The molecule has 0 atom stereocenters. The van der Waals surface area contributed by atoms with Crippen LogP contribution in [0.15, 0.2) is 48.5 Å². The number of benzene rings is 2. The van der Waals surface area contributed by atoms with Gasteiger partial charge in [-0.1, -0.05) is 85.8 Å². The molecule has 0 N–H and O–H groups in total. The molecule has 0 fully saturated rings. The van der Waals surface area contributed by atoms with E-state index in [4.69, 9.17) is 0 Å². The summed E-state index contributed by atoms with van der Waals surface area (Å²) in [5, 5.41) is 0. The van der Waals surface area contributed by atoms with Crippen LogP contribution >= 0.6 is 0 Å². The lowest BCUT2D eigenvalue weighted by Crippen LogP contribution is -2.02. The second-order valence-electron chi connectivity index (χ2n) is 5.88. The van der Waals surface area contributed by atoms with Crippen molar-refractivity contribution < 1.29 is 0 Å². The van der Waals surface area contributed by atoms with E-state index in [9.17, 15) is 0 Å². The van der Waals surface area contributed by atoms with Crippen LogP contribution in [0.25, 0.3) is 0 Å². The summed E-state index contributed by atoms with van der Waals surface area (Å²) < 4.78 is 0. The van der Waals surface area contributed by atoms with Gasteiger partial charge in [-0.25, -0.2) is 0 Å². The third-order valence-corrected chi connectivity index (χ3v) is 3.99. The molecule has 0 heterocycles. The first-order valence-electron chi connectivity index (χ1n) is 7.84. The molecule has 0 bridgehead atoms. The molecule has 106 valence electrons. The topological polar surface area (TPSA) is 0 Å². The molecule has 0 nitrogen and oxygen atoms in total. The van der Waals surface area contributed by atoms with Crippen molar-refractivity contribution in [3.05, 3.63) is 70.8 Å². The number of unbranched alkanes of at least 4 members (excludes halogenated alkanes) is 2. The van der Waals surface area contributed by atoms with E-state index in [1.165, 1.54) is 47.9 Å². The molecule has 2 aromatic carbocycles. The maximum absolute atomic E-state index is 2.35. The van der Waals surface area contributed by atoms with E-state index in [0.29, 0.717) is 5.92 Å². The predicted octanol–water partition coefficient (Wildman–Crippen LogP) is 6.02. The number of rotatable bonds is 6. The van der Waals surface area contributed by atoms with Gasteiger partial charge in [-0.3, -0.25) is 0 Å². The minimum Gasteiger partial charge on any atom is -0.0654 e. The van der Waals surface area contributed by atoms with E-state index in [1.54, 1.807) is 0 Å². The summed E-state index contributed by atoms with van der Waals surface area (Å²) in [4.78, 5) is 0. The molecule has 0 aliphatic carbocycles. The molecule has 0 heteroatoms. The van der Waals surface area contributed by atoms with E-state index in [2.05, 4.69) is 69.3 Å². The highest BCUT2D eigenvalue weighted by Gasteiger charge is 2.14. The Morgan fingerprint density at radius 3 is 1.80 bits per heavy atom. The zero-order valence-corrected chi connectivity index (χ0v) is 13.0. The average Bonchev–Trinajstić information content (AvgIpc) is 2.43. The molecule has 0 spiro atoms. The van der Waals surface area contributed by atoms with Crippen LogP contribution < -0.4 is 0 Å². The van der Waals surface area contributed by atoms with E-state index in [1.807, 2.05) is 0 Å². The number of hydrogen-bond acceptors (Lipinski definition) is 0. The summed E-state index contributed by atoms with van der Waals surface area (Å²) in [5.74, 6) is 0.543. The van der Waals surface area contributed by atoms with Gasteiger partial charge in [-0.2, -0.15) is 0 Å². The van der Waals surface area contributed by atoms with Crippen molar-refractivity contribution >= 4 is 0 Å². The predicted molar refractivity (Wildman–Crippen MR) is 88.3 cm³/mol. The fourth-order valence-corrected chi connectivity index (χ4v) is 2.90. The Morgan fingerprint density at radius 2 is 1.35 bits per heavy atom. The Bertz CT molecular complexity index is 494. The molecule has 0 saturated carbocycles. The van der Waals surface area contributed by atoms with Gasteiger partial charge in [-0.15, -0.1) is 0 Å². The molecule has 0 aliphatic heterocycles. The van der Waals surface area contributed by atoms with Crippen LogP contribution in [-0.4, -0.2) is 0 Å². The van der Waals surface area contributed by atoms with Crippen LogP contribution in [0.2, 0.25) is 0 Å². The maximum Gasteiger partial charge on any atom is 0.00895 e. The molecule has 0 aliphatic rings. The van der Waals surface area contributed by atoms with Crippen molar-refractivity contribution in [1.29, 1.82) is 0 Å². The molecule has 2 rings (SSSR count). The number of hydrogen-bond donors (Lipinski definition) is 0. The molecule has 0 amide bonds. The lowest BCUT2D eigenvalue weighted by atomic mass is 9.85.